The first-order valence-corrected chi connectivity index (χ1v) is 5.80. The maximum Gasteiger partial charge on any atom is 0.339 e. The van der Waals surface area contributed by atoms with E-state index in [-0.39, 0.29) is 5.56 Å². The van der Waals surface area contributed by atoms with Crippen molar-refractivity contribution in [3.8, 4) is 11.5 Å². The highest BCUT2D eigenvalue weighted by Crippen LogP contribution is 2.29. The quantitative estimate of drug-likeness (QED) is 0.888. The molecule has 0 aliphatic rings. The van der Waals surface area contributed by atoms with Crippen LogP contribution in [0.1, 0.15) is 22.8 Å². The Labute approximate surface area is 106 Å². The Morgan fingerprint density at radius 1 is 1.11 bits per heavy atom. The summed E-state index contributed by atoms with van der Waals surface area (Å²) in [6.07, 6.45) is 0.725. The van der Waals surface area contributed by atoms with Crippen LogP contribution in [0.25, 0.3) is 0 Å². The van der Waals surface area contributed by atoms with E-state index >= 15 is 0 Å². The van der Waals surface area contributed by atoms with Crippen LogP contribution in [0.4, 0.5) is 0 Å². The van der Waals surface area contributed by atoms with Crippen LogP contribution in [0.2, 0.25) is 0 Å². The van der Waals surface area contributed by atoms with E-state index in [1.165, 1.54) is 0 Å². The van der Waals surface area contributed by atoms with Gasteiger partial charge in [-0.1, -0.05) is 37.3 Å². The molecule has 0 unspecified atom stereocenters. The number of carbonyl (C=O) groups is 1. The molecule has 0 aromatic heterocycles. The van der Waals surface area contributed by atoms with E-state index < -0.39 is 5.97 Å². The van der Waals surface area contributed by atoms with Crippen LogP contribution in [0.3, 0.4) is 0 Å². The molecule has 0 aliphatic carbocycles. The Morgan fingerprint density at radius 2 is 1.83 bits per heavy atom. The van der Waals surface area contributed by atoms with Crippen molar-refractivity contribution in [2.45, 2.75) is 13.3 Å². The number of hydrogen-bond donors (Lipinski definition) is 1. The molecular formula is C15H14O3. The molecule has 0 amide bonds. The van der Waals surface area contributed by atoms with Crippen LogP contribution in [-0.4, -0.2) is 11.1 Å². The summed E-state index contributed by atoms with van der Waals surface area (Å²) in [4.78, 5) is 11.2. The SMILES string of the molecule is CCc1cccc(C(=O)O)c1Oc1ccccc1. The maximum atomic E-state index is 11.2. The first-order chi connectivity index (χ1) is 8.72. The van der Waals surface area contributed by atoms with E-state index in [1.807, 2.05) is 31.2 Å². The number of carboxylic acids is 1. The molecule has 3 nitrogen and oxygen atoms in total. The minimum Gasteiger partial charge on any atom is -0.478 e. The van der Waals surface area contributed by atoms with E-state index in [1.54, 1.807) is 24.3 Å². The van der Waals surface area contributed by atoms with Crippen molar-refractivity contribution in [1.29, 1.82) is 0 Å². The Balaban J connectivity index is 2.44. The van der Waals surface area contributed by atoms with Crippen LogP contribution < -0.4 is 4.74 Å². The highest BCUT2D eigenvalue weighted by molar-refractivity contribution is 5.91. The molecule has 0 saturated carbocycles. The molecule has 1 N–H and O–H groups in total. The number of aryl methyl sites for hydroxylation is 1. The third-order valence-corrected chi connectivity index (χ3v) is 2.67. The summed E-state index contributed by atoms with van der Waals surface area (Å²) in [5.41, 5.74) is 1.08. The highest BCUT2D eigenvalue weighted by Gasteiger charge is 2.15. The van der Waals surface area contributed by atoms with Gasteiger partial charge in [-0.05, 0) is 30.2 Å². The van der Waals surface area contributed by atoms with Gasteiger partial charge in [0.2, 0.25) is 0 Å². The number of rotatable bonds is 4. The lowest BCUT2D eigenvalue weighted by Gasteiger charge is -2.12. The lowest BCUT2D eigenvalue weighted by Crippen LogP contribution is -2.02. The molecule has 3 heteroatoms. The number of ether oxygens (including phenoxy) is 1. The van der Waals surface area contributed by atoms with Crippen LogP contribution in [0.15, 0.2) is 48.5 Å². The highest BCUT2D eigenvalue weighted by atomic mass is 16.5. The maximum absolute atomic E-state index is 11.2. The number of benzene rings is 2. The second-order valence-corrected chi connectivity index (χ2v) is 3.87. The summed E-state index contributed by atoms with van der Waals surface area (Å²) in [6.45, 7) is 1.97. The fourth-order valence-corrected chi connectivity index (χ4v) is 1.76. The molecule has 92 valence electrons. The predicted octanol–water partition coefficient (Wildman–Crippen LogP) is 3.74. The van der Waals surface area contributed by atoms with Gasteiger partial charge >= 0.3 is 5.97 Å². The minimum atomic E-state index is -0.976. The second-order valence-electron chi connectivity index (χ2n) is 3.87. The number of aromatic carboxylic acids is 1. The molecule has 2 rings (SSSR count). The first kappa shape index (κ1) is 12.2. The van der Waals surface area contributed by atoms with E-state index in [2.05, 4.69) is 0 Å². The Bertz CT molecular complexity index is 547. The van der Waals surface area contributed by atoms with Crippen molar-refractivity contribution in [2.75, 3.05) is 0 Å². The lowest BCUT2D eigenvalue weighted by molar-refractivity contribution is 0.0694. The monoisotopic (exact) mass is 242 g/mol. The molecule has 0 radical (unpaired) electrons. The average Bonchev–Trinajstić information content (AvgIpc) is 2.40. The third kappa shape index (κ3) is 2.51. The smallest absolute Gasteiger partial charge is 0.339 e. The molecule has 0 heterocycles. The molecule has 0 aliphatic heterocycles. The van der Waals surface area contributed by atoms with Crippen molar-refractivity contribution >= 4 is 5.97 Å². The zero-order valence-electron chi connectivity index (χ0n) is 10.1. The normalized spacial score (nSPS) is 10.1. The van der Waals surface area contributed by atoms with Gasteiger partial charge in [0, 0.05) is 0 Å². The van der Waals surface area contributed by atoms with Crippen LogP contribution in [-0.2, 0) is 6.42 Å². The van der Waals surface area contributed by atoms with E-state index in [4.69, 9.17) is 4.74 Å². The van der Waals surface area contributed by atoms with Gasteiger partial charge in [0.15, 0.2) is 0 Å². The standard InChI is InChI=1S/C15H14O3/c1-2-11-7-6-10-13(15(16)17)14(11)18-12-8-4-3-5-9-12/h3-10H,2H2,1H3,(H,16,17). The summed E-state index contributed by atoms with van der Waals surface area (Å²) in [5.74, 6) is 0.0934. The Kier molecular flexibility index (Phi) is 3.63. The van der Waals surface area contributed by atoms with E-state index in [0.717, 1.165) is 12.0 Å². The summed E-state index contributed by atoms with van der Waals surface area (Å²) < 4.78 is 5.71. The van der Waals surface area contributed by atoms with Gasteiger partial charge in [-0.15, -0.1) is 0 Å². The topological polar surface area (TPSA) is 46.5 Å². The molecule has 0 fully saturated rings. The third-order valence-electron chi connectivity index (χ3n) is 2.67. The summed E-state index contributed by atoms with van der Waals surface area (Å²) in [7, 11) is 0. The van der Waals surface area contributed by atoms with Gasteiger partial charge in [-0.3, -0.25) is 0 Å². The van der Waals surface area contributed by atoms with Crippen molar-refractivity contribution in [3.05, 3.63) is 59.7 Å². The van der Waals surface area contributed by atoms with Gasteiger partial charge < -0.3 is 9.84 Å². The molecule has 0 spiro atoms. The molecule has 18 heavy (non-hydrogen) atoms. The summed E-state index contributed by atoms with van der Waals surface area (Å²) in [6, 6.07) is 14.4. The van der Waals surface area contributed by atoms with Crippen LogP contribution >= 0.6 is 0 Å². The zero-order chi connectivity index (χ0) is 13.0. The predicted molar refractivity (Wildman–Crippen MR) is 69.3 cm³/mol. The fraction of sp³-hybridized carbons (Fsp3) is 0.133. The lowest BCUT2D eigenvalue weighted by atomic mass is 10.1. The molecule has 0 atom stereocenters. The number of hydrogen-bond acceptors (Lipinski definition) is 2. The molecular weight excluding hydrogens is 228 g/mol. The minimum absolute atomic E-state index is 0.193. The van der Waals surface area contributed by atoms with E-state index in [9.17, 15) is 9.90 Å². The van der Waals surface area contributed by atoms with Crippen molar-refractivity contribution < 1.29 is 14.6 Å². The molecule has 2 aromatic carbocycles. The fourth-order valence-electron chi connectivity index (χ4n) is 1.76. The van der Waals surface area contributed by atoms with Gasteiger partial charge in [0.05, 0.1) is 0 Å². The van der Waals surface area contributed by atoms with Gasteiger partial charge in [-0.25, -0.2) is 4.79 Å². The zero-order valence-corrected chi connectivity index (χ0v) is 10.1. The van der Waals surface area contributed by atoms with Crippen LogP contribution in [0.5, 0.6) is 11.5 Å². The number of carboxylic acid groups (broad SMARTS) is 1. The summed E-state index contributed by atoms with van der Waals surface area (Å²) in [5, 5.41) is 9.18. The molecule has 0 bridgehead atoms. The second kappa shape index (κ2) is 5.36. The largest absolute Gasteiger partial charge is 0.478 e. The Hall–Kier alpha value is -2.29. The van der Waals surface area contributed by atoms with Crippen LogP contribution in [0, 0.1) is 0 Å². The Morgan fingerprint density at radius 3 is 2.44 bits per heavy atom. The van der Waals surface area contributed by atoms with Crippen molar-refractivity contribution in [2.24, 2.45) is 0 Å². The molecule has 2 aromatic rings. The van der Waals surface area contributed by atoms with Gasteiger partial charge in [-0.2, -0.15) is 0 Å². The van der Waals surface area contributed by atoms with Gasteiger partial charge in [0.1, 0.15) is 17.1 Å². The first-order valence-electron chi connectivity index (χ1n) is 5.80. The summed E-state index contributed by atoms with van der Waals surface area (Å²) >= 11 is 0. The van der Waals surface area contributed by atoms with Crippen molar-refractivity contribution in [3.63, 3.8) is 0 Å². The van der Waals surface area contributed by atoms with Crippen molar-refractivity contribution in [1.82, 2.24) is 0 Å². The van der Waals surface area contributed by atoms with Gasteiger partial charge in [0.25, 0.3) is 0 Å². The molecule has 0 saturated heterocycles. The van der Waals surface area contributed by atoms with E-state index in [0.29, 0.717) is 11.5 Å². The number of para-hydroxylation sites is 2. The average molecular weight is 242 g/mol.